The number of hydrogen-bond donors (Lipinski definition) is 2. The molecule has 0 unspecified atom stereocenters. The third-order valence-electron chi connectivity index (χ3n) is 8.09. The summed E-state index contributed by atoms with van der Waals surface area (Å²) >= 11 is 0. The van der Waals surface area contributed by atoms with Crippen molar-refractivity contribution in [2.75, 3.05) is 6.61 Å². The Hall–Kier alpha value is -3.55. The lowest BCUT2D eigenvalue weighted by molar-refractivity contribution is -0.235. The third-order valence-corrected chi connectivity index (χ3v) is 8.09. The Morgan fingerprint density at radius 3 is 2.11 bits per heavy atom. The molecule has 12 heteroatoms. The molecule has 0 bridgehead atoms. The van der Waals surface area contributed by atoms with Gasteiger partial charge in [0.05, 0.1) is 6.61 Å². The van der Waals surface area contributed by atoms with E-state index in [4.69, 9.17) is 33.2 Å². The van der Waals surface area contributed by atoms with Gasteiger partial charge in [-0.25, -0.2) is 9.59 Å². The summed E-state index contributed by atoms with van der Waals surface area (Å²) in [4.78, 5) is 40.6. The average Bonchev–Trinajstić information content (AvgIpc) is 3.64. The summed E-state index contributed by atoms with van der Waals surface area (Å²) in [5.74, 6) is -2.99. The Morgan fingerprint density at radius 1 is 0.830 bits per heavy atom. The van der Waals surface area contributed by atoms with E-state index in [1.165, 1.54) is 0 Å². The summed E-state index contributed by atoms with van der Waals surface area (Å²) in [5, 5.41) is 5.53. The van der Waals surface area contributed by atoms with Crippen LogP contribution in [0.3, 0.4) is 0 Å². The number of esters is 1. The van der Waals surface area contributed by atoms with Crippen molar-refractivity contribution >= 4 is 18.0 Å². The van der Waals surface area contributed by atoms with Crippen LogP contribution in [0.15, 0.2) is 60.7 Å². The highest BCUT2D eigenvalue weighted by molar-refractivity contribution is 5.90. The second kappa shape index (κ2) is 14.7. The minimum atomic E-state index is -1.03. The lowest BCUT2D eigenvalue weighted by atomic mass is 10.0. The molecule has 7 atom stereocenters. The molecule has 2 N–H and O–H groups in total. The van der Waals surface area contributed by atoms with Crippen LogP contribution in [0.1, 0.15) is 59.1 Å². The average molecular weight is 655 g/mol. The monoisotopic (exact) mass is 654 g/mol. The summed E-state index contributed by atoms with van der Waals surface area (Å²) in [6.07, 6.45) is -3.95. The van der Waals surface area contributed by atoms with Crippen LogP contribution in [0.25, 0.3) is 0 Å². The molecule has 3 aliphatic heterocycles. The van der Waals surface area contributed by atoms with Crippen molar-refractivity contribution in [1.29, 1.82) is 0 Å². The molecule has 3 fully saturated rings. The first-order valence-electron chi connectivity index (χ1n) is 16.1. The van der Waals surface area contributed by atoms with Gasteiger partial charge in [-0.1, -0.05) is 74.5 Å². The predicted molar refractivity (Wildman–Crippen MR) is 169 cm³/mol. The van der Waals surface area contributed by atoms with Crippen LogP contribution in [-0.2, 0) is 55.8 Å². The van der Waals surface area contributed by atoms with Gasteiger partial charge >= 0.3 is 12.1 Å². The zero-order valence-electron chi connectivity index (χ0n) is 27.8. The van der Waals surface area contributed by atoms with Gasteiger partial charge in [0.15, 0.2) is 30.1 Å². The molecule has 0 aromatic heterocycles. The maximum absolute atomic E-state index is 13.9. The second-order valence-electron chi connectivity index (χ2n) is 13.5. The number of benzene rings is 2. The summed E-state index contributed by atoms with van der Waals surface area (Å²) in [6.45, 7) is 11.3. The van der Waals surface area contributed by atoms with Crippen molar-refractivity contribution in [3.8, 4) is 0 Å². The van der Waals surface area contributed by atoms with Crippen molar-refractivity contribution in [2.24, 2.45) is 5.92 Å². The molecule has 5 rings (SSSR count). The van der Waals surface area contributed by atoms with Crippen LogP contribution in [0.4, 0.5) is 4.79 Å². The summed E-state index contributed by atoms with van der Waals surface area (Å²) in [6, 6.07) is 16.4. The first-order valence-corrected chi connectivity index (χ1v) is 16.1. The van der Waals surface area contributed by atoms with Gasteiger partial charge in [0.25, 0.3) is 0 Å². The van der Waals surface area contributed by atoms with Crippen molar-refractivity contribution in [2.45, 2.75) is 115 Å². The van der Waals surface area contributed by atoms with E-state index in [0.717, 1.165) is 11.1 Å². The molecule has 47 heavy (non-hydrogen) atoms. The fourth-order valence-electron chi connectivity index (χ4n) is 5.96. The highest BCUT2D eigenvalue weighted by Gasteiger charge is 2.60. The Morgan fingerprint density at radius 2 is 1.49 bits per heavy atom. The van der Waals surface area contributed by atoms with E-state index in [2.05, 4.69) is 10.6 Å². The van der Waals surface area contributed by atoms with E-state index in [-0.39, 0.29) is 32.0 Å². The zero-order chi connectivity index (χ0) is 33.8. The molecule has 0 radical (unpaired) electrons. The topological polar surface area (TPSA) is 140 Å². The fourth-order valence-corrected chi connectivity index (χ4v) is 5.96. The minimum Gasteiger partial charge on any atom is -0.455 e. The lowest BCUT2D eigenvalue weighted by Crippen LogP contribution is -2.54. The number of rotatable bonds is 12. The van der Waals surface area contributed by atoms with E-state index < -0.39 is 72.3 Å². The number of hydrogen-bond acceptors (Lipinski definition) is 10. The molecule has 2 amide bonds. The zero-order valence-corrected chi connectivity index (χ0v) is 27.8. The van der Waals surface area contributed by atoms with Gasteiger partial charge in [0.1, 0.15) is 30.9 Å². The molecule has 0 aliphatic carbocycles. The molecule has 3 heterocycles. The van der Waals surface area contributed by atoms with Gasteiger partial charge in [-0.2, -0.15) is 0 Å². The fraction of sp³-hybridized carbons (Fsp3) is 0.571. The number of carbonyl (C=O) groups is 3. The van der Waals surface area contributed by atoms with Crippen LogP contribution >= 0.6 is 0 Å². The van der Waals surface area contributed by atoms with Crippen LogP contribution in [0.5, 0.6) is 0 Å². The Labute approximate surface area is 275 Å². The molecule has 2 aromatic rings. The smallest absolute Gasteiger partial charge is 0.408 e. The van der Waals surface area contributed by atoms with Crippen molar-refractivity contribution in [3.63, 3.8) is 0 Å². The van der Waals surface area contributed by atoms with E-state index >= 15 is 0 Å². The predicted octanol–water partition coefficient (Wildman–Crippen LogP) is 3.99. The first-order chi connectivity index (χ1) is 22.3. The molecule has 3 saturated heterocycles. The lowest BCUT2D eigenvalue weighted by Gasteiger charge is -2.30. The molecule has 12 nitrogen and oxygen atoms in total. The maximum atomic E-state index is 13.9. The second-order valence-corrected chi connectivity index (χ2v) is 13.5. The molecule has 2 aromatic carbocycles. The van der Waals surface area contributed by atoms with E-state index in [9.17, 15) is 14.4 Å². The van der Waals surface area contributed by atoms with Gasteiger partial charge in [-0.05, 0) is 51.2 Å². The van der Waals surface area contributed by atoms with Crippen molar-refractivity contribution in [1.82, 2.24) is 10.6 Å². The molecular weight excluding hydrogens is 608 g/mol. The summed E-state index contributed by atoms with van der Waals surface area (Å²) in [5.41, 5.74) is 1.62. The van der Waals surface area contributed by atoms with Crippen LogP contribution in [0, 0.1) is 5.92 Å². The first kappa shape index (κ1) is 34.8. The molecule has 256 valence electrons. The molecule has 3 aliphatic rings. The van der Waals surface area contributed by atoms with E-state index in [1.807, 2.05) is 74.5 Å². The number of nitrogens with one attached hydrogen (secondary N) is 2. The summed E-state index contributed by atoms with van der Waals surface area (Å²) in [7, 11) is 0. The van der Waals surface area contributed by atoms with Crippen LogP contribution in [-0.4, -0.2) is 78.9 Å². The maximum Gasteiger partial charge on any atom is 0.408 e. The highest BCUT2D eigenvalue weighted by Crippen LogP contribution is 2.42. The van der Waals surface area contributed by atoms with Gasteiger partial charge in [-0.3, -0.25) is 4.79 Å². The van der Waals surface area contributed by atoms with E-state index in [1.54, 1.807) is 27.7 Å². The van der Waals surface area contributed by atoms with Crippen molar-refractivity contribution in [3.05, 3.63) is 71.8 Å². The quantitative estimate of drug-likeness (QED) is 0.323. The van der Waals surface area contributed by atoms with Gasteiger partial charge in [0, 0.05) is 6.42 Å². The normalized spacial score (nSPS) is 27.1. The number of amides is 2. The molecular formula is C35H46N2O10. The van der Waals surface area contributed by atoms with Gasteiger partial charge in [-0.15, -0.1) is 0 Å². The molecule has 0 saturated carbocycles. The van der Waals surface area contributed by atoms with Crippen molar-refractivity contribution < 1.29 is 47.5 Å². The van der Waals surface area contributed by atoms with Crippen LogP contribution in [0.2, 0.25) is 0 Å². The highest BCUT2D eigenvalue weighted by atomic mass is 16.8. The number of fused-ring (bicyclic) bond motifs is 1. The van der Waals surface area contributed by atoms with Gasteiger partial charge in [0.2, 0.25) is 5.91 Å². The minimum absolute atomic E-state index is 0.0185. The Balaban J connectivity index is 1.30. The third kappa shape index (κ3) is 9.29. The number of ether oxygens (including phenoxy) is 7. The van der Waals surface area contributed by atoms with Gasteiger partial charge < -0.3 is 43.8 Å². The number of alkyl carbamates (subject to hydrolysis) is 1. The SMILES string of the molecule is CC(C)C[C@@H](NC(=O)[C@@H](Cc1ccccc1)NC(=O)OCc1ccccc1)C(=O)O[C@H]1[C@@H]2OC(C)(C)O[C@@H]2O[C@@H]1[C@@H]1COC(C)(C)O1. The largest absolute Gasteiger partial charge is 0.455 e. The Bertz CT molecular complexity index is 1370. The summed E-state index contributed by atoms with van der Waals surface area (Å²) < 4.78 is 41.5. The van der Waals surface area contributed by atoms with Crippen LogP contribution < -0.4 is 10.6 Å². The standard InChI is InChI=1S/C35H46N2O10/c1-21(2)17-25(31(39)43-28-27(26-20-42-34(3,4)45-26)44-32-29(28)46-35(5,6)47-32)36-30(38)24(18-22-13-9-7-10-14-22)37-33(40)41-19-23-15-11-8-12-16-23/h7-16,21,24-29,32H,17-20H2,1-6H3,(H,36,38)(H,37,40)/t24-,25-,26+,27-,28-,29+,32+/m1/s1. The molecule has 0 spiro atoms. The number of carbonyl (C=O) groups excluding carboxylic acids is 3. The van der Waals surface area contributed by atoms with E-state index in [0.29, 0.717) is 0 Å². The Kier molecular flexibility index (Phi) is 10.9.